The Morgan fingerprint density at radius 3 is 3.00 bits per heavy atom. The van der Waals surface area contributed by atoms with Gasteiger partial charge in [-0.05, 0) is 23.9 Å². The van der Waals surface area contributed by atoms with Crippen LogP contribution < -0.4 is 10.2 Å². The molecule has 1 N–H and O–H groups in total. The highest BCUT2D eigenvalue weighted by Gasteiger charge is 2.15. The van der Waals surface area contributed by atoms with Gasteiger partial charge in [0.2, 0.25) is 0 Å². The number of aryl methyl sites for hydroxylation is 1. The summed E-state index contributed by atoms with van der Waals surface area (Å²) in [5, 5.41) is 6.95. The first-order chi connectivity index (χ1) is 7.86. The highest BCUT2D eigenvalue weighted by molar-refractivity contribution is 7.18. The standard InChI is InChI=1S/C12H15N3S/c1-9-8-16-11-10(9)2-3-14-12(11)15-6-4-13-5-7-15/h2-3,8,13H,4-7H2,1H3. The smallest absolute Gasteiger partial charge is 0.146 e. The van der Waals surface area contributed by atoms with Crippen LogP contribution in [0, 0.1) is 6.92 Å². The van der Waals surface area contributed by atoms with Crippen LogP contribution in [0.2, 0.25) is 0 Å². The molecule has 0 saturated carbocycles. The number of anilines is 1. The Morgan fingerprint density at radius 1 is 1.38 bits per heavy atom. The lowest BCUT2D eigenvalue weighted by molar-refractivity contribution is 0.586. The van der Waals surface area contributed by atoms with Crippen LogP contribution in [0.15, 0.2) is 17.6 Å². The summed E-state index contributed by atoms with van der Waals surface area (Å²) in [7, 11) is 0. The molecule has 0 spiro atoms. The summed E-state index contributed by atoms with van der Waals surface area (Å²) in [6, 6.07) is 2.12. The summed E-state index contributed by atoms with van der Waals surface area (Å²) in [4.78, 5) is 6.94. The number of nitrogens with one attached hydrogen (secondary N) is 1. The van der Waals surface area contributed by atoms with Crippen LogP contribution in [-0.2, 0) is 0 Å². The molecule has 2 aromatic rings. The zero-order valence-electron chi connectivity index (χ0n) is 9.36. The van der Waals surface area contributed by atoms with Gasteiger partial charge < -0.3 is 10.2 Å². The fraction of sp³-hybridized carbons (Fsp3) is 0.417. The predicted octanol–water partition coefficient (Wildman–Crippen LogP) is 2.01. The molecule has 0 aromatic carbocycles. The Morgan fingerprint density at radius 2 is 2.19 bits per heavy atom. The number of hydrogen-bond acceptors (Lipinski definition) is 4. The van der Waals surface area contributed by atoms with Gasteiger partial charge in [0.15, 0.2) is 0 Å². The van der Waals surface area contributed by atoms with Gasteiger partial charge in [-0.2, -0.15) is 0 Å². The topological polar surface area (TPSA) is 28.2 Å². The summed E-state index contributed by atoms with van der Waals surface area (Å²) >= 11 is 1.81. The van der Waals surface area contributed by atoms with Crippen molar-refractivity contribution >= 4 is 27.2 Å². The van der Waals surface area contributed by atoms with E-state index >= 15 is 0 Å². The molecule has 84 valence electrons. The summed E-state index contributed by atoms with van der Waals surface area (Å²) in [6.45, 7) is 6.40. The predicted molar refractivity (Wildman–Crippen MR) is 69.4 cm³/mol. The van der Waals surface area contributed by atoms with Crippen LogP contribution in [0.3, 0.4) is 0 Å². The van der Waals surface area contributed by atoms with E-state index in [4.69, 9.17) is 0 Å². The summed E-state index contributed by atoms with van der Waals surface area (Å²) in [5.41, 5.74) is 1.36. The number of nitrogens with zero attached hydrogens (tertiary/aromatic N) is 2. The fourth-order valence-electron chi connectivity index (χ4n) is 2.18. The average molecular weight is 233 g/mol. The van der Waals surface area contributed by atoms with Gasteiger partial charge in [0.1, 0.15) is 5.82 Å². The quantitative estimate of drug-likeness (QED) is 0.816. The third-order valence-corrected chi connectivity index (χ3v) is 4.19. The lowest BCUT2D eigenvalue weighted by Crippen LogP contribution is -2.43. The summed E-state index contributed by atoms with van der Waals surface area (Å²) in [5.74, 6) is 1.16. The van der Waals surface area contributed by atoms with E-state index < -0.39 is 0 Å². The van der Waals surface area contributed by atoms with E-state index in [1.54, 1.807) is 0 Å². The van der Waals surface area contributed by atoms with Gasteiger partial charge in [0, 0.05) is 37.8 Å². The minimum atomic E-state index is 1.06. The van der Waals surface area contributed by atoms with Crippen molar-refractivity contribution in [1.29, 1.82) is 0 Å². The highest BCUT2D eigenvalue weighted by atomic mass is 32.1. The lowest BCUT2D eigenvalue weighted by atomic mass is 10.2. The number of piperazine rings is 1. The van der Waals surface area contributed by atoms with Crippen molar-refractivity contribution < 1.29 is 0 Å². The Kier molecular flexibility index (Phi) is 2.53. The van der Waals surface area contributed by atoms with E-state index in [1.807, 2.05) is 17.5 Å². The van der Waals surface area contributed by atoms with E-state index in [9.17, 15) is 0 Å². The number of rotatable bonds is 1. The molecular formula is C12H15N3S. The third kappa shape index (κ3) is 1.58. The van der Waals surface area contributed by atoms with Gasteiger partial charge in [-0.15, -0.1) is 11.3 Å². The molecule has 1 fully saturated rings. The van der Waals surface area contributed by atoms with Crippen molar-refractivity contribution in [2.45, 2.75) is 6.92 Å². The maximum Gasteiger partial charge on any atom is 0.146 e. The molecule has 0 bridgehead atoms. The van der Waals surface area contributed by atoms with Gasteiger partial charge in [0.25, 0.3) is 0 Å². The molecule has 1 aliphatic heterocycles. The van der Waals surface area contributed by atoms with E-state index in [0.717, 1.165) is 32.0 Å². The number of hydrogen-bond donors (Lipinski definition) is 1. The molecule has 16 heavy (non-hydrogen) atoms. The van der Waals surface area contributed by atoms with E-state index in [1.165, 1.54) is 15.6 Å². The van der Waals surface area contributed by atoms with Crippen molar-refractivity contribution in [3.63, 3.8) is 0 Å². The lowest BCUT2D eigenvalue weighted by Gasteiger charge is -2.28. The molecule has 3 heterocycles. The average Bonchev–Trinajstić information content (AvgIpc) is 2.73. The molecule has 2 aromatic heterocycles. The van der Waals surface area contributed by atoms with Gasteiger partial charge in [-0.3, -0.25) is 0 Å². The van der Waals surface area contributed by atoms with Crippen molar-refractivity contribution in [2.24, 2.45) is 0 Å². The SMILES string of the molecule is Cc1csc2c(N3CCNCC3)nccc12. The molecule has 0 atom stereocenters. The number of pyridine rings is 1. The third-order valence-electron chi connectivity index (χ3n) is 3.08. The molecular weight excluding hydrogens is 218 g/mol. The van der Waals surface area contributed by atoms with Crippen LogP contribution in [0.1, 0.15) is 5.56 Å². The molecule has 1 saturated heterocycles. The summed E-state index contributed by atoms with van der Waals surface area (Å²) in [6.07, 6.45) is 1.93. The zero-order valence-corrected chi connectivity index (χ0v) is 10.2. The van der Waals surface area contributed by atoms with Crippen molar-refractivity contribution in [3.05, 3.63) is 23.2 Å². The van der Waals surface area contributed by atoms with E-state index in [0.29, 0.717) is 0 Å². The maximum absolute atomic E-state index is 4.55. The van der Waals surface area contributed by atoms with Crippen LogP contribution in [-0.4, -0.2) is 31.2 Å². The van der Waals surface area contributed by atoms with Gasteiger partial charge in [0.05, 0.1) is 4.70 Å². The van der Waals surface area contributed by atoms with Crippen molar-refractivity contribution in [3.8, 4) is 0 Å². The van der Waals surface area contributed by atoms with E-state index in [-0.39, 0.29) is 0 Å². The second-order valence-electron chi connectivity index (χ2n) is 4.17. The molecule has 0 amide bonds. The molecule has 0 unspecified atom stereocenters. The first-order valence-corrected chi connectivity index (χ1v) is 6.53. The van der Waals surface area contributed by atoms with Crippen LogP contribution in [0.4, 0.5) is 5.82 Å². The molecule has 3 rings (SSSR count). The van der Waals surface area contributed by atoms with Gasteiger partial charge in [-0.1, -0.05) is 0 Å². The molecule has 4 heteroatoms. The minimum Gasteiger partial charge on any atom is -0.353 e. The Hall–Kier alpha value is -1.13. The second-order valence-corrected chi connectivity index (χ2v) is 5.05. The first kappa shape index (κ1) is 10.1. The maximum atomic E-state index is 4.55. The molecule has 0 aliphatic carbocycles. The van der Waals surface area contributed by atoms with Gasteiger partial charge >= 0.3 is 0 Å². The second kappa shape index (κ2) is 4.03. The first-order valence-electron chi connectivity index (χ1n) is 5.65. The Labute approximate surface area is 99.1 Å². The molecule has 1 aliphatic rings. The number of fused-ring (bicyclic) bond motifs is 1. The number of thiophene rings is 1. The van der Waals surface area contributed by atoms with Crippen LogP contribution in [0.25, 0.3) is 10.1 Å². The van der Waals surface area contributed by atoms with Crippen molar-refractivity contribution in [1.82, 2.24) is 10.3 Å². The molecule has 3 nitrogen and oxygen atoms in total. The van der Waals surface area contributed by atoms with Crippen LogP contribution >= 0.6 is 11.3 Å². The van der Waals surface area contributed by atoms with Crippen LogP contribution in [0.5, 0.6) is 0 Å². The monoisotopic (exact) mass is 233 g/mol. The van der Waals surface area contributed by atoms with Gasteiger partial charge in [-0.25, -0.2) is 4.98 Å². The fourth-order valence-corrected chi connectivity index (χ4v) is 3.24. The van der Waals surface area contributed by atoms with Crippen molar-refractivity contribution in [2.75, 3.05) is 31.1 Å². The Bertz CT molecular complexity index is 500. The van der Waals surface area contributed by atoms with E-state index in [2.05, 4.69) is 33.6 Å². The molecule has 0 radical (unpaired) electrons. The normalized spacial score (nSPS) is 16.9. The summed E-state index contributed by atoms with van der Waals surface area (Å²) < 4.78 is 1.34. The largest absolute Gasteiger partial charge is 0.353 e. The minimum absolute atomic E-state index is 1.06. The zero-order chi connectivity index (χ0) is 11.0. The number of aromatic nitrogens is 1. The highest BCUT2D eigenvalue weighted by Crippen LogP contribution is 2.32. The Balaban J connectivity index is 2.08.